The fourth-order valence-corrected chi connectivity index (χ4v) is 3.00. The number of ether oxygens (including phenoxy) is 1. The quantitative estimate of drug-likeness (QED) is 0.940. The van der Waals surface area contributed by atoms with Gasteiger partial charge in [-0.1, -0.05) is 0 Å². The topological polar surface area (TPSA) is 49.8 Å². The van der Waals surface area contributed by atoms with Gasteiger partial charge in [0.15, 0.2) is 0 Å². The van der Waals surface area contributed by atoms with Gasteiger partial charge in [-0.15, -0.1) is 0 Å². The van der Waals surface area contributed by atoms with Gasteiger partial charge in [-0.25, -0.2) is 8.78 Å². The van der Waals surface area contributed by atoms with Crippen LogP contribution in [0.3, 0.4) is 0 Å². The van der Waals surface area contributed by atoms with E-state index in [2.05, 4.69) is 0 Å². The second-order valence-electron chi connectivity index (χ2n) is 5.76. The van der Waals surface area contributed by atoms with Gasteiger partial charge in [0, 0.05) is 17.7 Å². The number of carbonyl (C=O) groups is 1. The number of amides is 1. The van der Waals surface area contributed by atoms with Crippen molar-refractivity contribution >= 4 is 5.91 Å². The Morgan fingerprint density at radius 2 is 1.92 bits per heavy atom. The number of hydrogen-bond donors (Lipinski definition) is 1. The summed E-state index contributed by atoms with van der Waals surface area (Å²) in [5.74, 6) is -0.906. The Kier molecular flexibility index (Phi) is 4.49. The minimum absolute atomic E-state index is 0.0749. The summed E-state index contributed by atoms with van der Waals surface area (Å²) in [4.78, 5) is 14.1. The predicted octanol–water partition coefficient (Wildman–Crippen LogP) is 2.92. The van der Waals surface area contributed by atoms with Crippen molar-refractivity contribution in [3.63, 3.8) is 0 Å². The number of benzene rings is 2. The highest BCUT2D eigenvalue weighted by atomic mass is 19.1. The van der Waals surface area contributed by atoms with Crippen LogP contribution in [0.2, 0.25) is 0 Å². The molecular formula is C18H17F2NO3. The maximum Gasteiger partial charge on any atom is 0.254 e. The van der Waals surface area contributed by atoms with Crippen molar-refractivity contribution in [2.24, 2.45) is 0 Å². The lowest BCUT2D eigenvalue weighted by atomic mass is 10.0. The minimum Gasteiger partial charge on any atom is -0.497 e. The van der Waals surface area contributed by atoms with E-state index in [0.29, 0.717) is 11.3 Å². The Hall–Kier alpha value is -2.47. The van der Waals surface area contributed by atoms with Crippen LogP contribution >= 0.6 is 0 Å². The van der Waals surface area contributed by atoms with Crippen LogP contribution < -0.4 is 4.74 Å². The highest BCUT2D eigenvalue weighted by Crippen LogP contribution is 2.35. The Morgan fingerprint density at radius 1 is 1.21 bits per heavy atom. The fourth-order valence-electron chi connectivity index (χ4n) is 3.00. The first-order chi connectivity index (χ1) is 11.5. The monoisotopic (exact) mass is 333 g/mol. The number of carbonyl (C=O) groups excluding carboxylic acids is 1. The molecule has 1 amide bonds. The summed E-state index contributed by atoms with van der Waals surface area (Å²) in [5.41, 5.74) is 0.472. The summed E-state index contributed by atoms with van der Waals surface area (Å²) in [5, 5.41) is 9.94. The molecule has 0 aromatic heterocycles. The summed E-state index contributed by atoms with van der Waals surface area (Å²) in [6.45, 7) is 0.0749. The van der Waals surface area contributed by atoms with Gasteiger partial charge in [0.05, 0.1) is 19.3 Å². The molecule has 1 aliphatic heterocycles. The molecule has 1 N–H and O–H groups in total. The molecule has 2 atom stereocenters. The smallest absolute Gasteiger partial charge is 0.254 e. The third-order valence-corrected chi connectivity index (χ3v) is 4.19. The summed E-state index contributed by atoms with van der Waals surface area (Å²) in [7, 11) is 1.52. The molecule has 126 valence electrons. The standard InChI is InChI=1S/C18H17F2NO3/c1-24-14-5-2-11(3-6-14)18(23)21-10-13(22)9-17(21)15-8-12(19)4-7-16(15)20/h2-8,13,17,22H,9-10H2,1H3/t13-,17-/m1/s1. The molecule has 2 aromatic carbocycles. The SMILES string of the molecule is COc1ccc(C(=O)N2C[C@H](O)C[C@@H]2c2cc(F)ccc2F)cc1. The van der Waals surface area contributed by atoms with Gasteiger partial charge in [0.25, 0.3) is 5.91 Å². The van der Waals surface area contributed by atoms with Crippen molar-refractivity contribution < 1.29 is 23.4 Å². The number of halogens is 2. The van der Waals surface area contributed by atoms with E-state index in [0.717, 1.165) is 18.2 Å². The molecule has 0 saturated carbocycles. The molecule has 1 fully saturated rings. The summed E-state index contributed by atoms with van der Waals surface area (Å²) in [6.07, 6.45) is -0.609. The van der Waals surface area contributed by atoms with Gasteiger partial charge >= 0.3 is 0 Å². The van der Waals surface area contributed by atoms with Crippen LogP contribution in [0.1, 0.15) is 28.4 Å². The lowest BCUT2D eigenvalue weighted by molar-refractivity contribution is 0.0713. The van der Waals surface area contributed by atoms with Crippen LogP contribution in [0.25, 0.3) is 0 Å². The number of nitrogens with zero attached hydrogens (tertiary/aromatic N) is 1. The number of rotatable bonds is 3. The zero-order chi connectivity index (χ0) is 17.3. The zero-order valence-electron chi connectivity index (χ0n) is 13.1. The Labute approximate surface area is 138 Å². The molecule has 1 saturated heterocycles. The molecule has 3 rings (SSSR count). The van der Waals surface area contributed by atoms with Gasteiger partial charge in [-0.05, 0) is 48.9 Å². The van der Waals surface area contributed by atoms with Crippen molar-refractivity contribution in [2.75, 3.05) is 13.7 Å². The number of methoxy groups -OCH3 is 1. The first-order valence-corrected chi connectivity index (χ1v) is 7.57. The zero-order valence-corrected chi connectivity index (χ0v) is 13.1. The molecule has 24 heavy (non-hydrogen) atoms. The first-order valence-electron chi connectivity index (χ1n) is 7.57. The van der Waals surface area contributed by atoms with Gasteiger partial charge < -0.3 is 14.7 Å². The van der Waals surface area contributed by atoms with Crippen molar-refractivity contribution in [2.45, 2.75) is 18.6 Å². The van der Waals surface area contributed by atoms with Gasteiger partial charge in [0.1, 0.15) is 17.4 Å². The van der Waals surface area contributed by atoms with E-state index < -0.39 is 23.8 Å². The van der Waals surface area contributed by atoms with E-state index in [4.69, 9.17) is 4.74 Å². The van der Waals surface area contributed by atoms with Crippen molar-refractivity contribution in [1.82, 2.24) is 4.90 Å². The molecule has 0 spiro atoms. The van der Waals surface area contributed by atoms with E-state index in [1.54, 1.807) is 24.3 Å². The van der Waals surface area contributed by atoms with Gasteiger partial charge in [-0.3, -0.25) is 4.79 Å². The Morgan fingerprint density at radius 3 is 2.58 bits per heavy atom. The highest BCUT2D eigenvalue weighted by Gasteiger charge is 2.37. The van der Waals surface area contributed by atoms with Crippen LogP contribution in [0.5, 0.6) is 5.75 Å². The number of likely N-dealkylation sites (tertiary alicyclic amines) is 1. The van der Waals surface area contributed by atoms with Crippen LogP contribution in [-0.2, 0) is 0 Å². The lowest BCUT2D eigenvalue weighted by Gasteiger charge is -2.25. The lowest BCUT2D eigenvalue weighted by Crippen LogP contribution is -2.32. The number of aliphatic hydroxyl groups excluding tert-OH is 1. The molecule has 0 unspecified atom stereocenters. The van der Waals surface area contributed by atoms with Crippen molar-refractivity contribution in [1.29, 1.82) is 0 Å². The average molecular weight is 333 g/mol. The summed E-state index contributed by atoms with van der Waals surface area (Å²) in [6, 6.07) is 8.94. The average Bonchev–Trinajstić information content (AvgIpc) is 2.98. The first kappa shape index (κ1) is 16.4. The normalized spacial score (nSPS) is 20.2. The van der Waals surface area contributed by atoms with Gasteiger partial charge in [0.2, 0.25) is 0 Å². The molecular weight excluding hydrogens is 316 g/mol. The molecule has 1 heterocycles. The van der Waals surface area contributed by atoms with Crippen LogP contribution in [-0.4, -0.2) is 35.7 Å². The molecule has 1 aliphatic rings. The highest BCUT2D eigenvalue weighted by molar-refractivity contribution is 5.94. The Bertz CT molecular complexity index is 748. The second-order valence-corrected chi connectivity index (χ2v) is 5.76. The van der Waals surface area contributed by atoms with E-state index in [1.807, 2.05) is 0 Å². The fraction of sp³-hybridized carbons (Fsp3) is 0.278. The molecule has 0 aliphatic carbocycles. The predicted molar refractivity (Wildman–Crippen MR) is 83.8 cm³/mol. The third-order valence-electron chi connectivity index (χ3n) is 4.19. The number of β-amino-alcohol motifs (C(OH)–C–C–N with tert-alkyl or cyclic N) is 1. The molecule has 0 radical (unpaired) electrons. The maximum absolute atomic E-state index is 14.1. The summed E-state index contributed by atoms with van der Waals surface area (Å²) < 4.78 is 32.6. The molecule has 2 aromatic rings. The second kappa shape index (κ2) is 6.57. The number of aliphatic hydroxyl groups is 1. The maximum atomic E-state index is 14.1. The van der Waals surface area contributed by atoms with Crippen molar-refractivity contribution in [3.8, 4) is 5.75 Å². The van der Waals surface area contributed by atoms with Crippen LogP contribution in [0.4, 0.5) is 8.78 Å². The van der Waals surface area contributed by atoms with Crippen LogP contribution in [0, 0.1) is 11.6 Å². The van der Waals surface area contributed by atoms with E-state index in [1.165, 1.54) is 12.0 Å². The van der Waals surface area contributed by atoms with E-state index in [9.17, 15) is 18.7 Å². The van der Waals surface area contributed by atoms with Gasteiger partial charge in [-0.2, -0.15) is 0 Å². The van der Waals surface area contributed by atoms with Crippen molar-refractivity contribution in [3.05, 3.63) is 65.2 Å². The van der Waals surface area contributed by atoms with Crippen LogP contribution in [0.15, 0.2) is 42.5 Å². The number of hydrogen-bond acceptors (Lipinski definition) is 3. The molecule has 0 bridgehead atoms. The van der Waals surface area contributed by atoms with E-state index in [-0.39, 0.29) is 24.4 Å². The largest absolute Gasteiger partial charge is 0.497 e. The van der Waals surface area contributed by atoms with E-state index >= 15 is 0 Å². The third kappa shape index (κ3) is 3.10. The molecule has 4 nitrogen and oxygen atoms in total. The summed E-state index contributed by atoms with van der Waals surface area (Å²) >= 11 is 0. The molecule has 6 heteroatoms. The minimum atomic E-state index is -0.778. The Balaban J connectivity index is 1.92.